The molecule has 0 spiro atoms. The topological polar surface area (TPSA) is 89.1 Å². The van der Waals surface area contributed by atoms with Gasteiger partial charge in [-0.05, 0) is 18.2 Å². The lowest BCUT2D eigenvalue weighted by Gasteiger charge is -2.31. The lowest BCUT2D eigenvalue weighted by atomic mass is 10.1. The van der Waals surface area contributed by atoms with E-state index in [2.05, 4.69) is 5.32 Å². The van der Waals surface area contributed by atoms with E-state index in [0.29, 0.717) is 17.2 Å². The van der Waals surface area contributed by atoms with Gasteiger partial charge in [-0.25, -0.2) is 4.39 Å². The molecule has 0 aliphatic carbocycles. The van der Waals surface area contributed by atoms with Crippen molar-refractivity contribution in [3.8, 4) is 11.5 Å². The van der Waals surface area contributed by atoms with Gasteiger partial charge in [0.2, 0.25) is 0 Å². The number of fused-ring (bicyclic) bond motifs is 2. The van der Waals surface area contributed by atoms with Crippen LogP contribution in [0.2, 0.25) is 0 Å². The van der Waals surface area contributed by atoms with Crippen LogP contribution >= 0.6 is 0 Å². The predicted molar refractivity (Wildman–Crippen MR) is 113 cm³/mol. The molecule has 1 aliphatic rings. The van der Waals surface area contributed by atoms with Crippen molar-refractivity contribution < 1.29 is 42.3 Å². The van der Waals surface area contributed by atoms with Gasteiger partial charge in [-0.1, -0.05) is 0 Å². The lowest BCUT2D eigenvalue weighted by molar-refractivity contribution is -0.148. The van der Waals surface area contributed by atoms with Crippen molar-refractivity contribution in [2.75, 3.05) is 72.2 Å². The molecule has 0 saturated carbocycles. The quantitative estimate of drug-likeness (QED) is 0.338. The van der Waals surface area contributed by atoms with Crippen LogP contribution in [0, 0.1) is 5.82 Å². The highest BCUT2D eigenvalue weighted by Crippen LogP contribution is 2.47. The maximum Gasteiger partial charge on any atom is 0.191 e. The maximum atomic E-state index is 13.8. The molecule has 0 aromatic heterocycles. The van der Waals surface area contributed by atoms with Gasteiger partial charge < -0.3 is 48.1 Å². The van der Waals surface area contributed by atoms with Gasteiger partial charge in [-0.2, -0.15) is 0 Å². The van der Waals surface area contributed by atoms with Gasteiger partial charge in [0.25, 0.3) is 0 Å². The van der Waals surface area contributed by atoms with Crippen LogP contribution in [0.15, 0.2) is 30.3 Å². The second-order valence-electron chi connectivity index (χ2n) is 6.55. The molecule has 176 valence electrons. The van der Waals surface area contributed by atoms with Gasteiger partial charge in [0.05, 0.1) is 22.7 Å². The zero-order valence-corrected chi connectivity index (χ0v) is 18.2. The van der Waals surface area contributed by atoms with Crippen LogP contribution < -0.4 is 19.7 Å². The molecule has 0 fully saturated rings. The third-order valence-electron chi connectivity index (χ3n) is 4.35. The first-order chi connectivity index (χ1) is 15.6. The summed E-state index contributed by atoms with van der Waals surface area (Å²) in [4.78, 5) is 1.86. The normalized spacial score (nSPS) is 12.2. The van der Waals surface area contributed by atoms with Crippen molar-refractivity contribution in [3.05, 3.63) is 36.1 Å². The molecule has 0 bridgehead atoms. The highest BCUT2D eigenvalue weighted by molar-refractivity contribution is 5.92. The van der Waals surface area contributed by atoms with E-state index >= 15 is 0 Å². The molecule has 0 amide bonds. The number of hydrogen-bond donors (Lipinski definition) is 1. The molecule has 1 N–H and O–H groups in total. The van der Waals surface area contributed by atoms with E-state index in [-0.39, 0.29) is 46.6 Å². The van der Waals surface area contributed by atoms with Crippen LogP contribution in [0.1, 0.15) is 0 Å². The number of nitrogens with one attached hydrogen (secondary N) is 1. The Bertz CT molecular complexity index is 870. The van der Waals surface area contributed by atoms with Crippen LogP contribution in [0.3, 0.4) is 0 Å². The van der Waals surface area contributed by atoms with Gasteiger partial charge in [0.1, 0.15) is 19.4 Å². The average molecular weight is 454 g/mol. The summed E-state index contributed by atoms with van der Waals surface area (Å²) in [5.41, 5.74) is 2.99. The van der Waals surface area contributed by atoms with Crippen LogP contribution in [0.5, 0.6) is 11.5 Å². The molecule has 0 saturated heterocycles. The van der Waals surface area contributed by atoms with E-state index in [0.717, 1.165) is 17.1 Å². The number of rotatable bonds is 14. The van der Waals surface area contributed by atoms with Crippen LogP contribution in [-0.2, 0) is 28.4 Å². The minimum absolute atomic E-state index is 0.00301. The van der Waals surface area contributed by atoms with E-state index in [1.54, 1.807) is 18.2 Å². The van der Waals surface area contributed by atoms with E-state index in [1.165, 1.54) is 26.4 Å². The summed E-state index contributed by atoms with van der Waals surface area (Å²) in [6, 6.07) is 8.08. The van der Waals surface area contributed by atoms with Gasteiger partial charge in [0.15, 0.2) is 38.7 Å². The lowest BCUT2D eigenvalue weighted by Crippen LogP contribution is -2.19. The average Bonchev–Trinajstić information content (AvgIpc) is 2.79. The second kappa shape index (κ2) is 12.4. The van der Waals surface area contributed by atoms with Crippen LogP contribution in [0.25, 0.3) is 0 Å². The smallest absolute Gasteiger partial charge is 0.191 e. The minimum Gasteiger partial charge on any atom is -0.463 e. The third kappa shape index (κ3) is 6.42. The molecule has 1 aliphatic heterocycles. The highest BCUT2D eigenvalue weighted by atomic mass is 19.1. The molecular weight excluding hydrogens is 427 g/mol. The summed E-state index contributed by atoms with van der Waals surface area (Å²) >= 11 is 0. The third-order valence-corrected chi connectivity index (χ3v) is 4.35. The van der Waals surface area contributed by atoms with Gasteiger partial charge >= 0.3 is 0 Å². The Balaban J connectivity index is 1.72. The summed E-state index contributed by atoms with van der Waals surface area (Å²) in [7, 11) is 4.88. The fourth-order valence-corrected chi connectivity index (χ4v) is 2.95. The van der Waals surface area contributed by atoms with E-state index in [1.807, 2.05) is 11.9 Å². The molecule has 2 aromatic carbocycles. The van der Waals surface area contributed by atoms with Crippen molar-refractivity contribution in [2.24, 2.45) is 0 Å². The molecule has 0 atom stereocenters. The summed E-state index contributed by atoms with van der Waals surface area (Å²) in [5.74, 6) is 0.503. The molecule has 11 heteroatoms. The van der Waals surface area contributed by atoms with Gasteiger partial charge in [0, 0.05) is 33.4 Å². The summed E-state index contributed by atoms with van der Waals surface area (Å²) in [6.45, 7) is 0.0826. The molecular formula is C21H27FN2O8. The summed E-state index contributed by atoms with van der Waals surface area (Å²) < 4.78 is 55.5. The van der Waals surface area contributed by atoms with Gasteiger partial charge in [-0.15, -0.1) is 0 Å². The Morgan fingerprint density at radius 1 is 0.719 bits per heavy atom. The fourth-order valence-electron chi connectivity index (χ4n) is 2.95. The molecule has 1 heterocycles. The number of hydrogen-bond acceptors (Lipinski definition) is 10. The molecule has 0 radical (unpaired) electrons. The Labute approximate surface area is 185 Å². The van der Waals surface area contributed by atoms with E-state index < -0.39 is 0 Å². The first kappa shape index (κ1) is 24.0. The van der Waals surface area contributed by atoms with Crippen molar-refractivity contribution in [1.82, 2.24) is 0 Å². The Morgan fingerprint density at radius 2 is 1.28 bits per heavy atom. The second-order valence-corrected chi connectivity index (χ2v) is 6.55. The van der Waals surface area contributed by atoms with Gasteiger partial charge in [-0.3, -0.25) is 0 Å². The van der Waals surface area contributed by atoms with Crippen molar-refractivity contribution in [1.29, 1.82) is 0 Å². The van der Waals surface area contributed by atoms with Crippen LogP contribution in [0.4, 0.5) is 27.1 Å². The van der Waals surface area contributed by atoms with Crippen molar-refractivity contribution in [3.63, 3.8) is 0 Å². The van der Waals surface area contributed by atoms with E-state index in [9.17, 15) is 4.39 Å². The zero-order valence-electron chi connectivity index (χ0n) is 18.2. The Morgan fingerprint density at radius 3 is 1.91 bits per heavy atom. The number of anilines is 4. The first-order valence-electron chi connectivity index (χ1n) is 9.66. The monoisotopic (exact) mass is 454 g/mol. The first-order valence-corrected chi connectivity index (χ1v) is 9.66. The molecule has 2 aromatic rings. The number of ether oxygens (including phenoxy) is 8. The summed E-state index contributed by atoms with van der Waals surface area (Å²) in [5, 5.41) is 3.28. The predicted octanol–water partition coefficient (Wildman–Crippen LogP) is 3.51. The Kier molecular flexibility index (Phi) is 9.28. The number of nitrogens with zero attached hydrogens (tertiary/aromatic N) is 1. The molecule has 3 rings (SSSR count). The SMILES string of the molecule is COCOCOCOc1cc2c(cc1OCOCOCOC)N(C)c1cc(F)ccc1N2. The molecule has 0 unspecified atom stereocenters. The standard InChI is InChI=1S/C21H27FN2O8/c1-24-18-6-15(22)4-5-16(18)23-17-7-20(31-13-29-11-27-9-25-2)21(8-19(17)24)32-14-30-12-28-10-26-3/h4-8,23H,9-14H2,1-3H3. The highest BCUT2D eigenvalue weighted by Gasteiger charge is 2.23. The van der Waals surface area contributed by atoms with E-state index in [4.69, 9.17) is 37.9 Å². The minimum atomic E-state index is -0.324. The molecule has 32 heavy (non-hydrogen) atoms. The Hall–Kier alpha value is -2.67. The summed E-state index contributed by atoms with van der Waals surface area (Å²) in [6.07, 6.45) is 0. The zero-order chi connectivity index (χ0) is 22.8. The maximum absolute atomic E-state index is 13.8. The van der Waals surface area contributed by atoms with Crippen LogP contribution in [-0.4, -0.2) is 62.0 Å². The number of benzene rings is 2. The number of halogens is 1. The van der Waals surface area contributed by atoms with Crippen molar-refractivity contribution >= 4 is 22.7 Å². The van der Waals surface area contributed by atoms with Crippen molar-refractivity contribution in [2.45, 2.75) is 0 Å². The fraction of sp³-hybridized carbons (Fsp3) is 0.429. The largest absolute Gasteiger partial charge is 0.463 e. The molecule has 10 nitrogen and oxygen atoms in total. The number of methoxy groups -OCH3 is 2.